The summed E-state index contributed by atoms with van der Waals surface area (Å²) in [5.41, 5.74) is 0.751. The first-order valence-corrected chi connectivity index (χ1v) is 6.22. The third-order valence-corrected chi connectivity index (χ3v) is 3.04. The van der Waals surface area contributed by atoms with Crippen molar-refractivity contribution >= 4 is 24.0 Å². The Kier molecular flexibility index (Phi) is 4.27. The number of methoxy groups -OCH3 is 1. The Labute approximate surface area is 116 Å². The van der Waals surface area contributed by atoms with Crippen LogP contribution in [0.25, 0.3) is 0 Å². The number of esters is 1. The van der Waals surface area contributed by atoms with Crippen molar-refractivity contribution in [1.82, 2.24) is 0 Å². The lowest BCUT2D eigenvalue weighted by atomic mass is 10.0. The molecule has 102 valence electrons. The van der Waals surface area contributed by atoms with Crippen LogP contribution in [0.1, 0.15) is 18.6 Å². The zero-order chi connectivity index (χ0) is 13.8. The van der Waals surface area contributed by atoms with Crippen LogP contribution >= 0.6 is 11.6 Å². The maximum Gasteiger partial charge on any atom is 0.335 e. The molecule has 0 fully saturated rings. The van der Waals surface area contributed by atoms with E-state index >= 15 is 0 Å². The summed E-state index contributed by atoms with van der Waals surface area (Å²) in [6.07, 6.45) is 0.757. The number of rotatable bonds is 4. The fourth-order valence-electron chi connectivity index (χ4n) is 1.85. The number of carbonyl (C=O) groups excluding carboxylic acids is 1. The van der Waals surface area contributed by atoms with Gasteiger partial charge in [0.05, 0.1) is 18.7 Å². The topological polar surface area (TPSA) is 57.1 Å². The standard InChI is InChI=1S/C13H14ClNO4/c1-3-18-13(16)11-12(19-7-15-11)8-4-5-10(17-2)9(14)6-8/h4-7,11-12H,3H2,1-2H3. The van der Waals surface area contributed by atoms with Gasteiger partial charge in [-0.15, -0.1) is 0 Å². The van der Waals surface area contributed by atoms with E-state index < -0.39 is 18.1 Å². The van der Waals surface area contributed by atoms with Crippen LogP contribution in [0.2, 0.25) is 5.02 Å². The normalized spacial score (nSPS) is 21.0. The largest absolute Gasteiger partial charge is 0.495 e. The molecule has 1 aliphatic heterocycles. The molecule has 0 amide bonds. The summed E-state index contributed by atoms with van der Waals surface area (Å²) in [5, 5.41) is 0.457. The highest BCUT2D eigenvalue weighted by Crippen LogP contribution is 2.33. The molecule has 0 spiro atoms. The Bertz CT molecular complexity index is 503. The number of aliphatic imine (C=N–C) groups is 1. The van der Waals surface area contributed by atoms with Gasteiger partial charge in [0.25, 0.3) is 0 Å². The zero-order valence-electron chi connectivity index (χ0n) is 10.6. The fourth-order valence-corrected chi connectivity index (χ4v) is 2.12. The molecule has 1 aromatic carbocycles. The van der Waals surface area contributed by atoms with E-state index in [2.05, 4.69) is 4.99 Å². The number of halogens is 1. The quantitative estimate of drug-likeness (QED) is 0.796. The van der Waals surface area contributed by atoms with Gasteiger partial charge in [0.15, 0.2) is 18.5 Å². The maximum absolute atomic E-state index is 11.8. The molecule has 1 aliphatic rings. The van der Waals surface area contributed by atoms with Gasteiger partial charge in [-0.2, -0.15) is 0 Å². The van der Waals surface area contributed by atoms with Gasteiger partial charge in [0.1, 0.15) is 5.75 Å². The van der Waals surface area contributed by atoms with Crippen molar-refractivity contribution < 1.29 is 19.0 Å². The fraction of sp³-hybridized carbons (Fsp3) is 0.385. The van der Waals surface area contributed by atoms with E-state index in [1.807, 2.05) is 0 Å². The maximum atomic E-state index is 11.8. The number of hydrogen-bond acceptors (Lipinski definition) is 5. The van der Waals surface area contributed by atoms with Gasteiger partial charge in [0.2, 0.25) is 0 Å². The predicted molar refractivity (Wildman–Crippen MR) is 70.7 cm³/mol. The third kappa shape index (κ3) is 2.81. The second-order valence-corrected chi connectivity index (χ2v) is 4.31. The second kappa shape index (κ2) is 5.93. The summed E-state index contributed by atoms with van der Waals surface area (Å²) in [5.74, 6) is 0.158. The highest BCUT2D eigenvalue weighted by molar-refractivity contribution is 6.32. The summed E-state index contributed by atoms with van der Waals surface area (Å²) in [6, 6.07) is 4.52. The number of hydrogen-bond donors (Lipinski definition) is 0. The first-order chi connectivity index (χ1) is 9.17. The number of ether oxygens (including phenoxy) is 3. The lowest BCUT2D eigenvalue weighted by Gasteiger charge is -2.17. The van der Waals surface area contributed by atoms with Gasteiger partial charge in [0, 0.05) is 0 Å². The molecule has 0 radical (unpaired) electrons. The summed E-state index contributed by atoms with van der Waals surface area (Å²) in [7, 11) is 1.54. The Morgan fingerprint density at radius 3 is 2.95 bits per heavy atom. The monoisotopic (exact) mass is 283 g/mol. The van der Waals surface area contributed by atoms with Crippen LogP contribution in [0.3, 0.4) is 0 Å². The molecule has 0 bridgehead atoms. The lowest BCUT2D eigenvalue weighted by molar-refractivity contribution is -0.146. The van der Waals surface area contributed by atoms with Gasteiger partial charge in [-0.05, 0) is 24.6 Å². The molecule has 0 N–H and O–H groups in total. The SMILES string of the molecule is CCOC(=O)C1N=COC1c1ccc(OC)c(Cl)c1. The molecular weight excluding hydrogens is 270 g/mol. The van der Waals surface area contributed by atoms with Gasteiger partial charge in [-0.3, -0.25) is 0 Å². The van der Waals surface area contributed by atoms with E-state index in [0.717, 1.165) is 5.56 Å². The minimum atomic E-state index is -0.690. The summed E-state index contributed by atoms with van der Waals surface area (Å²) >= 11 is 6.06. The first kappa shape index (κ1) is 13.7. The van der Waals surface area contributed by atoms with E-state index in [9.17, 15) is 4.79 Å². The minimum Gasteiger partial charge on any atom is -0.495 e. The van der Waals surface area contributed by atoms with Gasteiger partial charge >= 0.3 is 5.97 Å². The van der Waals surface area contributed by atoms with Crippen molar-refractivity contribution in [2.24, 2.45) is 4.99 Å². The first-order valence-electron chi connectivity index (χ1n) is 5.84. The molecule has 2 atom stereocenters. The lowest BCUT2D eigenvalue weighted by Crippen LogP contribution is -2.26. The van der Waals surface area contributed by atoms with E-state index in [1.165, 1.54) is 13.5 Å². The molecule has 0 aromatic heterocycles. The van der Waals surface area contributed by atoms with Crippen molar-refractivity contribution in [3.63, 3.8) is 0 Å². The average Bonchev–Trinajstić information content (AvgIpc) is 2.88. The van der Waals surface area contributed by atoms with Crippen LogP contribution in [0.5, 0.6) is 5.75 Å². The Hall–Kier alpha value is -1.75. The number of nitrogens with zero attached hydrogens (tertiary/aromatic N) is 1. The number of benzene rings is 1. The van der Waals surface area contributed by atoms with Crippen LogP contribution in [0.4, 0.5) is 0 Å². The second-order valence-electron chi connectivity index (χ2n) is 3.90. The molecule has 2 unspecified atom stereocenters. The van der Waals surface area contributed by atoms with E-state index in [0.29, 0.717) is 17.4 Å². The molecule has 0 aliphatic carbocycles. The molecule has 19 heavy (non-hydrogen) atoms. The molecule has 0 saturated heterocycles. The Balaban J connectivity index is 2.21. The molecule has 2 rings (SSSR count). The van der Waals surface area contributed by atoms with Crippen molar-refractivity contribution in [2.75, 3.05) is 13.7 Å². The van der Waals surface area contributed by atoms with Crippen molar-refractivity contribution in [3.8, 4) is 5.75 Å². The van der Waals surface area contributed by atoms with Gasteiger partial charge in [-0.25, -0.2) is 9.79 Å². The summed E-state index contributed by atoms with van der Waals surface area (Å²) < 4.78 is 15.4. The minimum absolute atomic E-state index is 0.306. The van der Waals surface area contributed by atoms with Gasteiger partial charge in [-0.1, -0.05) is 17.7 Å². The molecule has 6 heteroatoms. The molecule has 0 saturated carbocycles. The molecular formula is C13H14ClNO4. The van der Waals surface area contributed by atoms with Gasteiger partial charge < -0.3 is 14.2 Å². The molecule has 5 nitrogen and oxygen atoms in total. The van der Waals surface area contributed by atoms with E-state index in [4.69, 9.17) is 25.8 Å². The predicted octanol–water partition coefficient (Wildman–Crippen LogP) is 2.38. The van der Waals surface area contributed by atoms with Crippen LogP contribution in [0.15, 0.2) is 23.2 Å². The number of carbonyl (C=O) groups is 1. The Morgan fingerprint density at radius 1 is 1.53 bits per heavy atom. The zero-order valence-corrected chi connectivity index (χ0v) is 11.4. The van der Waals surface area contributed by atoms with E-state index in [1.54, 1.807) is 25.1 Å². The average molecular weight is 284 g/mol. The van der Waals surface area contributed by atoms with Crippen LogP contribution < -0.4 is 4.74 Å². The van der Waals surface area contributed by atoms with Crippen LogP contribution in [0, 0.1) is 0 Å². The highest BCUT2D eigenvalue weighted by Gasteiger charge is 2.35. The summed E-state index contributed by atoms with van der Waals surface area (Å²) in [4.78, 5) is 15.8. The molecule has 1 heterocycles. The Morgan fingerprint density at radius 2 is 2.32 bits per heavy atom. The summed E-state index contributed by atoms with van der Waals surface area (Å²) in [6.45, 7) is 2.05. The van der Waals surface area contributed by atoms with Crippen molar-refractivity contribution in [1.29, 1.82) is 0 Å². The van der Waals surface area contributed by atoms with Crippen LogP contribution in [-0.2, 0) is 14.3 Å². The van der Waals surface area contributed by atoms with Crippen LogP contribution in [-0.4, -0.2) is 32.1 Å². The highest BCUT2D eigenvalue weighted by atomic mass is 35.5. The van der Waals surface area contributed by atoms with Crippen molar-refractivity contribution in [2.45, 2.75) is 19.1 Å². The van der Waals surface area contributed by atoms with E-state index in [-0.39, 0.29) is 0 Å². The molecule has 1 aromatic rings. The van der Waals surface area contributed by atoms with Crippen molar-refractivity contribution in [3.05, 3.63) is 28.8 Å². The third-order valence-electron chi connectivity index (χ3n) is 2.75. The smallest absolute Gasteiger partial charge is 0.335 e.